The van der Waals surface area contributed by atoms with Gasteiger partial charge >= 0.3 is 0 Å². The molecule has 1 fully saturated rings. The molecule has 0 saturated carbocycles. The predicted octanol–water partition coefficient (Wildman–Crippen LogP) is 6.65. The number of anilines is 1. The lowest BCUT2D eigenvalue weighted by Crippen LogP contribution is -2.29. The minimum absolute atomic E-state index is 0.102. The van der Waals surface area contributed by atoms with Gasteiger partial charge in [-0.1, -0.05) is 100 Å². The molecule has 0 atom stereocenters. The first kappa shape index (κ1) is 29.7. The normalized spacial score (nSPS) is 14.4. The van der Waals surface area contributed by atoms with E-state index in [9.17, 15) is 14.9 Å². The van der Waals surface area contributed by atoms with Crippen LogP contribution in [0.1, 0.15) is 81.0 Å². The van der Waals surface area contributed by atoms with Gasteiger partial charge in [0.15, 0.2) is 0 Å². The van der Waals surface area contributed by atoms with Crippen LogP contribution in [0.5, 0.6) is 0 Å². The summed E-state index contributed by atoms with van der Waals surface area (Å²) < 4.78 is 2.23. The molecule has 3 rings (SSSR count). The second-order valence-electron chi connectivity index (χ2n) is 9.59. The molecule has 38 heavy (non-hydrogen) atoms. The fourth-order valence-electron chi connectivity index (χ4n) is 4.55. The Hall–Kier alpha value is -2.89. The van der Waals surface area contributed by atoms with Crippen molar-refractivity contribution in [2.75, 3.05) is 18.4 Å². The fraction of sp³-hybridized carbons (Fsp3) is 0.467. The molecular weight excluding hydrogens is 512 g/mol. The first-order valence-electron chi connectivity index (χ1n) is 13.6. The van der Waals surface area contributed by atoms with Crippen LogP contribution in [0.2, 0.25) is 0 Å². The number of nitriles is 1. The minimum Gasteiger partial charge on any atom is -0.371 e. The average Bonchev–Trinajstić information content (AvgIpc) is 3.18. The quantitative estimate of drug-likeness (QED) is 0.161. The van der Waals surface area contributed by atoms with Gasteiger partial charge in [0.2, 0.25) is 0 Å². The van der Waals surface area contributed by atoms with Crippen LogP contribution >= 0.6 is 24.0 Å². The van der Waals surface area contributed by atoms with E-state index >= 15 is 0 Å². The molecule has 1 aromatic heterocycles. The molecule has 1 aromatic carbocycles. The highest BCUT2D eigenvalue weighted by molar-refractivity contribution is 8.26. The number of thiocarbonyl (C=S) groups is 1. The van der Waals surface area contributed by atoms with Gasteiger partial charge < -0.3 is 5.32 Å². The summed E-state index contributed by atoms with van der Waals surface area (Å²) >= 11 is 6.85. The van der Waals surface area contributed by atoms with Crippen LogP contribution in [0.4, 0.5) is 5.82 Å². The molecule has 0 aliphatic carbocycles. The Balaban J connectivity index is 1.96. The van der Waals surface area contributed by atoms with Gasteiger partial charge in [-0.15, -0.1) is 0 Å². The van der Waals surface area contributed by atoms with Gasteiger partial charge in [0.05, 0.1) is 4.91 Å². The number of benzene rings is 1. The van der Waals surface area contributed by atoms with Gasteiger partial charge in [-0.05, 0) is 43.4 Å². The van der Waals surface area contributed by atoms with E-state index in [0.29, 0.717) is 45.8 Å². The van der Waals surface area contributed by atoms with Crippen molar-refractivity contribution in [2.24, 2.45) is 0 Å². The third kappa shape index (κ3) is 7.36. The van der Waals surface area contributed by atoms with E-state index in [4.69, 9.17) is 12.2 Å². The summed E-state index contributed by atoms with van der Waals surface area (Å²) in [4.78, 5) is 28.9. The SMILES string of the molecule is CCCCCCCN1C(=O)/C(=C\c2c(C)c(C#N)c(=O)n(CCCC)c2NCCc2ccccc2)SC1=S. The van der Waals surface area contributed by atoms with E-state index in [2.05, 4.69) is 37.4 Å². The maximum Gasteiger partial charge on any atom is 0.270 e. The number of rotatable bonds is 14. The van der Waals surface area contributed by atoms with Gasteiger partial charge in [-0.2, -0.15) is 5.26 Å². The topological polar surface area (TPSA) is 78.1 Å². The largest absolute Gasteiger partial charge is 0.371 e. The molecule has 202 valence electrons. The van der Waals surface area contributed by atoms with Crippen LogP contribution in [-0.4, -0.2) is 32.8 Å². The molecule has 1 saturated heterocycles. The van der Waals surface area contributed by atoms with E-state index in [1.807, 2.05) is 24.3 Å². The number of hydrogen-bond acceptors (Lipinski definition) is 6. The first-order chi connectivity index (χ1) is 18.4. The molecule has 2 aromatic rings. The van der Waals surface area contributed by atoms with E-state index in [0.717, 1.165) is 38.5 Å². The molecule has 0 radical (unpaired) electrons. The molecule has 8 heteroatoms. The average molecular weight is 551 g/mol. The minimum atomic E-state index is -0.294. The maximum absolute atomic E-state index is 13.3. The van der Waals surface area contributed by atoms with Gasteiger partial charge in [0, 0.05) is 25.2 Å². The summed E-state index contributed by atoms with van der Waals surface area (Å²) in [5, 5.41) is 13.3. The third-order valence-corrected chi connectivity index (χ3v) is 8.17. The number of nitrogens with zero attached hydrogens (tertiary/aromatic N) is 3. The molecule has 1 aliphatic rings. The Morgan fingerprint density at radius 1 is 1.03 bits per heavy atom. The predicted molar refractivity (Wildman–Crippen MR) is 162 cm³/mol. The molecule has 0 bridgehead atoms. The van der Waals surface area contributed by atoms with Crippen LogP contribution in [0.3, 0.4) is 0 Å². The molecule has 1 aliphatic heterocycles. The second-order valence-corrected chi connectivity index (χ2v) is 11.3. The Morgan fingerprint density at radius 2 is 1.74 bits per heavy atom. The molecular formula is C30H38N4O2S2. The lowest BCUT2D eigenvalue weighted by atomic mass is 10.0. The first-order valence-corrected chi connectivity index (χ1v) is 14.9. The van der Waals surface area contributed by atoms with Crippen LogP contribution < -0.4 is 10.9 Å². The highest BCUT2D eigenvalue weighted by Crippen LogP contribution is 2.35. The number of aromatic nitrogens is 1. The number of hydrogen-bond donors (Lipinski definition) is 1. The highest BCUT2D eigenvalue weighted by atomic mass is 32.2. The van der Waals surface area contributed by atoms with Crippen molar-refractivity contribution < 1.29 is 4.79 Å². The van der Waals surface area contributed by atoms with E-state index in [-0.39, 0.29) is 17.0 Å². The van der Waals surface area contributed by atoms with Crippen molar-refractivity contribution >= 4 is 46.1 Å². The number of pyridine rings is 1. The summed E-state index contributed by atoms with van der Waals surface area (Å²) in [5.74, 6) is 0.552. The van der Waals surface area contributed by atoms with Crippen molar-refractivity contribution in [3.63, 3.8) is 0 Å². The third-order valence-electron chi connectivity index (χ3n) is 6.79. The number of amides is 1. The zero-order valence-electron chi connectivity index (χ0n) is 22.7. The standard InChI is InChI=1S/C30H38N4O2S2/c1-4-6-8-9-13-19-34-29(36)26(38-30(34)37)20-24-22(3)25(21-31)28(35)33(18-7-5-2)27(24)32-17-16-23-14-11-10-12-15-23/h10-12,14-15,20,32H,4-9,13,16-19H2,1-3H3/b26-20+. The van der Waals surface area contributed by atoms with E-state index in [1.54, 1.807) is 16.4 Å². The van der Waals surface area contributed by atoms with Gasteiger partial charge in [0.1, 0.15) is 21.8 Å². The fourth-order valence-corrected chi connectivity index (χ4v) is 5.84. The van der Waals surface area contributed by atoms with Crippen LogP contribution in [-0.2, 0) is 17.8 Å². The number of carbonyl (C=O) groups is 1. The lowest BCUT2D eigenvalue weighted by Gasteiger charge is -2.20. The van der Waals surface area contributed by atoms with Crippen molar-refractivity contribution in [1.82, 2.24) is 9.47 Å². The highest BCUT2D eigenvalue weighted by Gasteiger charge is 2.32. The number of unbranched alkanes of at least 4 members (excludes halogenated alkanes) is 5. The molecule has 0 unspecified atom stereocenters. The zero-order valence-corrected chi connectivity index (χ0v) is 24.3. The Kier molecular flexibility index (Phi) is 11.6. The molecule has 6 nitrogen and oxygen atoms in total. The van der Waals surface area contributed by atoms with Gasteiger partial charge in [-0.3, -0.25) is 19.1 Å². The monoisotopic (exact) mass is 550 g/mol. The Bertz CT molecular complexity index is 1260. The summed E-state index contributed by atoms with van der Waals surface area (Å²) in [6, 6.07) is 12.3. The molecule has 0 spiro atoms. The second kappa shape index (κ2) is 14.9. The van der Waals surface area contributed by atoms with Crippen LogP contribution in [0, 0.1) is 18.3 Å². The number of nitrogens with one attached hydrogen (secondary N) is 1. The van der Waals surface area contributed by atoms with E-state index in [1.165, 1.54) is 30.2 Å². The Labute approximate surface area is 236 Å². The summed E-state index contributed by atoms with van der Waals surface area (Å²) in [6.45, 7) is 7.77. The number of thioether (sulfide) groups is 1. The summed E-state index contributed by atoms with van der Waals surface area (Å²) in [7, 11) is 0. The maximum atomic E-state index is 13.3. The lowest BCUT2D eigenvalue weighted by molar-refractivity contribution is -0.122. The zero-order chi connectivity index (χ0) is 27.5. The Morgan fingerprint density at radius 3 is 2.42 bits per heavy atom. The molecule has 1 N–H and O–H groups in total. The smallest absolute Gasteiger partial charge is 0.270 e. The van der Waals surface area contributed by atoms with Crippen molar-refractivity contribution in [3.8, 4) is 6.07 Å². The van der Waals surface area contributed by atoms with Gasteiger partial charge in [0.25, 0.3) is 11.5 Å². The van der Waals surface area contributed by atoms with Crippen molar-refractivity contribution in [2.45, 2.75) is 78.7 Å². The van der Waals surface area contributed by atoms with Crippen molar-refractivity contribution in [3.05, 3.63) is 67.8 Å². The molecule has 2 heterocycles. The van der Waals surface area contributed by atoms with Crippen LogP contribution in [0.15, 0.2) is 40.0 Å². The van der Waals surface area contributed by atoms with Gasteiger partial charge in [-0.25, -0.2) is 0 Å². The number of carbonyl (C=O) groups excluding carboxylic acids is 1. The van der Waals surface area contributed by atoms with E-state index < -0.39 is 0 Å². The van der Waals surface area contributed by atoms with Crippen molar-refractivity contribution in [1.29, 1.82) is 5.26 Å². The van der Waals surface area contributed by atoms with Crippen LogP contribution in [0.25, 0.3) is 6.08 Å². The summed E-state index contributed by atoms with van der Waals surface area (Å²) in [5.41, 5.74) is 2.30. The summed E-state index contributed by atoms with van der Waals surface area (Å²) in [6.07, 6.45) is 9.86. The molecule has 1 amide bonds.